The van der Waals surface area contributed by atoms with Gasteiger partial charge in [-0.1, -0.05) is 0 Å². The molecule has 1 amide bonds. The van der Waals surface area contributed by atoms with Gasteiger partial charge in [-0.25, -0.2) is 0 Å². The van der Waals surface area contributed by atoms with Gasteiger partial charge in [-0.2, -0.15) is 0 Å². The van der Waals surface area contributed by atoms with Crippen LogP contribution in [0, 0.1) is 18.3 Å². The molecule has 0 bridgehead atoms. The zero-order chi connectivity index (χ0) is 16.4. The maximum Gasteiger partial charge on any atom is 0.255 e. The van der Waals surface area contributed by atoms with E-state index in [1.165, 1.54) is 0 Å². The second-order valence-corrected chi connectivity index (χ2v) is 7.31. The Labute approximate surface area is 138 Å². The van der Waals surface area contributed by atoms with Crippen LogP contribution in [0.3, 0.4) is 0 Å². The van der Waals surface area contributed by atoms with E-state index in [9.17, 15) is 4.79 Å². The first-order valence-electron chi connectivity index (χ1n) is 8.45. The van der Waals surface area contributed by atoms with E-state index in [-0.39, 0.29) is 11.3 Å². The van der Waals surface area contributed by atoms with Gasteiger partial charge in [0.25, 0.3) is 5.91 Å². The third-order valence-corrected chi connectivity index (χ3v) is 5.33. The Balaban J connectivity index is 1.78. The normalized spacial score (nSPS) is 23.7. The van der Waals surface area contributed by atoms with Crippen molar-refractivity contribution in [1.29, 1.82) is 0 Å². The van der Waals surface area contributed by atoms with Gasteiger partial charge in [-0.15, -0.1) is 0 Å². The number of amides is 1. The first-order chi connectivity index (χ1) is 11.0. The van der Waals surface area contributed by atoms with E-state index >= 15 is 0 Å². The summed E-state index contributed by atoms with van der Waals surface area (Å²) in [6, 6.07) is 3.80. The first-order valence-corrected chi connectivity index (χ1v) is 8.45. The van der Waals surface area contributed by atoms with Crippen molar-refractivity contribution >= 4 is 5.91 Å². The van der Waals surface area contributed by atoms with Crippen LogP contribution >= 0.6 is 0 Å². The molecule has 1 atom stereocenters. The van der Waals surface area contributed by atoms with E-state index in [1.54, 1.807) is 6.20 Å². The second-order valence-electron chi connectivity index (χ2n) is 7.31. The number of likely N-dealkylation sites (tertiary alicyclic amines) is 1. The molecule has 1 aromatic rings. The van der Waals surface area contributed by atoms with Crippen LogP contribution < -0.4 is 0 Å². The van der Waals surface area contributed by atoms with Gasteiger partial charge < -0.3 is 14.5 Å². The number of ether oxygens (including phenoxy) is 1. The summed E-state index contributed by atoms with van der Waals surface area (Å²) in [6.07, 6.45) is 3.82. The van der Waals surface area contributed by atoms with Crippen molar-refractivity contribution < 1.29 is 9.53 Å². The number of aryl methyl sites for hydroxylation is 1. The third-order valence-electron chi connectivity index (χ3n) is 5.33. The minimum Gasteiger partial charge on any atom is -0.381 e. The van der Waals surface area contributed by atoms with E-state index in [0.717, 1.165) is 51.4 Å². The molecule has 1 aromatic heterocycles. The largest absolute Gasteiger partial charge is 0.381 e. The number of carbonyl (C=O) groups is 1. The summed E-state index contributed by atoms with van der Waals surface area (Å²) in [5.74, 6) is 0.633. The zero-order valence-electron chi connectivity index (χ0n) is 14.4. The molecule has 2 aliphatic rings. The van der Waals surface area contributed by atoms with Gasteiger partial charge in [0.2, 0.25) is 0 Å². The van der Waals surface area contributed by atoms with Gasteiger partial charge in [0.05, 0.1) is 5.56 Å². The molecule has 5 nitrogen and oxygen atoms in total. The Morgan fingerprint density at radius 3 is 2.74 bits per heavy atom. The van der Waals surface area contributed by atoms with E-state index in [4.69, 9.17) is 4.74 Å². The third kappa shape index (κ3) is 3.40. The molecule has 2 saturated heterocycles. The average Bonchev–Trinajstić information content (AvgIpc) is 2.85. The molecule has 1 spiro atoms. The van der Waals surface area contributed by atoms with Crippen LogP contribution in [-0.4, -0.2) is 67.6 Å². The van der Waals surface area contributed by atoms with Crippen molar-refractivity contribution in [3.63, 3.8) is 0 Å². The summed E-state index contributed by atoms with van der Waals surface area (Å²) in [7, 11) is 4.23. The van der Waals surface area contributed by atoms with Crippen molar-refractivity contribution in [1.82, 2.24) is 14.8 Å². The number of carbonyl (C=O) groups excluding carboxylic acids is 1. The van der Waals surface area contributed by atoms with Gasteiger partial charge in [-0.3, -0.25) is 9.78 Å². The summed E-state index contributed by atoms with van der Waals surface area (Å²) < 4.78 is 5.58. The molecule has 0 aliphatic carbocycles. The summed E-state index contributed by atoms with van der Waals surface area (Å²) in [6.45, 7) is 6.28. The average molecular weight is 317 g/mol. The lowest BCUT2D eigenvalue weighted by Gasteiger charge is -2.38. The highest BCUT2D eigenvalue weighted by Crippen LogP contribution is 2.44. The topological polar surface area (TPSA) is 45.7 Å². The first kappa shape index (κ1) is 16.4. The molecule has 3 heterocycles. The highest BCUT2D eigenvalue weighted by molar-refractivity contribution is 5.94. The quantitative estimate of drug-likeness (QED) is 0.853. The van der Waals surface area contributed by atoms with Crippen LogP contribution in [0.2, 0.25) is 0 Å². The summed E-state index contributed by atoms with van der Waals surface area (Å²) in [5, 5.41) is 0. The summed E-state index contributed by atoms with van der Waals surface area (Å²) in [5.41, 5.74) is 1.86. The highest BCUT2D eigenvalue weighted by Gasteiger charge is 2.48. The highest BCUT2D eigenvalue weighted by atomic mass is 16.5. The molecule has 0 radical (unpaired) electrons. The van der Waals surface area contributed by atoms with E-state index in [0.29, 0.717) is 11.5 Å². The monoisotopic (exact) mass is 317 g/mol. The number of pyridine rings is 1. The Morgan fingerprint density at radius 2 is 2.13 bits per heavy atom. The lowest BCUT2D eigenvalue weighted by molar-refractivity contribution is -0.00451. The predicted octanol–water partition coefficient (Wildman–Crippen LogP) is 1.82. The second kappa shape index (κ2) is 6.57. The number of rotatable bonds is 3. The molecule has 126 valence electrons. The summed E-state index contributed by atoms with van der Waals surface area (Å²) >= 11 is 0. The maximum atomic E-state index is 12.9. The zero-order valence-corrected chi connectivity index (χ0v) is 14.4. The fourth-order valence-electron chi connectivity index (χ4n) is 4.00. The Kier molecular flexibility index (Phi) is 4.69. The van der Waals surface area contributed by atoms with Crippen LogP contribution in [-0.2, 0) is 4.74 Å². The van der Waals surface area contributed by atoms with Crippen molar-refractivity contribution in [3.05, 3.63) is 29.6 Å². The molecule has 1 unspecified atom stereocenters. The SMILES string of the molecule is Cc1ccc(C(=O)N2CC(CN(C)C)C3(CCOCC3)C2)cn1. The van der Waals surface area contributed by atoms with E-state index in [1.807, 2.05) is 24.0 Å². The Hall–Kier alpha value is -1.46. The van der Waals surface area contributed by atoms with Crippen LogP contribution in [0.1, 0.15) is 28.9 Å². The molecule has 5 heteroatoms. The fourth-order valence-corrected chi connectivity index (χ4v) is 4.00. The van der Waals surface area contributed by atoms with Crippen molar-refractivity contribution in [2.45, 2.75) is 19.8 Å². The van der Waals surface area contributed by atoms with E-state index < -0.39 is 0 Å². The van der Waals surface area contributed by atoms with Crippen molar-refractivity contribution in [2.75, 3.05) is 46.9 Å². The van der Waals surface area contributed by atoms with Gasteiger partial charge in [-0.05, 0) is 57.3 Å². The molecule has 3 rings (SSSR count). The maximum absolute atomic E-state index is 12.9. The number of hydrogen-bond donors (Lipinski definition) is 0. The number of aromatic nitrogens is 1. The Morgan fingerprint density at radius 1 is 1.39 bits per heavy atom. The van der Waals surface area contributed by atoms with Gasteiger partial charge >= 0.3 is 0 Å². The molecule has 0 aromatic carbocycles. The van der Waals surface area contributed by atoms with Crippen LogP contribution in [0.5, 0.6) is 0 Å². The minimum absolute atomic E-state index is 0.115. The van der Waals surface area contributed by atoms with Crippen LogP contribution in [0.4, 0.5) is 0 Å². The van der Waals surface area contributed by atoms with Crippen LogP contribution in [0.15, 0.2) is 18.3 Å². The number of hydrogen-bond acceptors (Lipinski definition) is 4. The Bertz CT molecular complexity index is 550. The molecule has 2 fully saturated rings. The lowest BCUT2D eigenvalue weighted by atomic mass is 9.72. The fraction of sp³-hybridized carbons (Fsp3) is 0.667. The lowest BCUT2D eigenvalue weighted by Crippen LogP contribution is -2.40. The molecule has 0 N–H and O–H groups in total. The van der Waals surface area contributed by atoms with Crippen LogP contribution in [0.25, 0.3) is 0 Å². The van der Waals surface area contributed by atoms with Crippen molar-refractivity contribution in [2.24, 2.45) is 11.3 Å². The predicted molar refractivity (Wildman–Crippen MR) is 89.4 cm³/mol. The van der Waals surface area contributed by atoms with Crippen molar-refractivity contribution in [3.8, 4) is 0 Å². The van der Waals surface area contributed by atoms with E-state index in [2.05, 4.69) is 24.0 Å². The van der Waals surface area contributed by atoms with Gasteiger partial charge in [0, 0.05) is 44.7 Å². The minimum atomic E-state index is 0.115. The number of nitrogens with zero attached hydrogens (tertiary/aromatic N) is 3. The smallest absolute Gasteiger partial charge is 0.255 e. The molecule has 23 heavy (non-hydrogen) atoms. The summed E-state index contributed by atoms with van der Waals surface area (Å²) in [4.78, 5) is 21.4. The van der Waals surface area contributed by atoms with Gasteiger partial charge in [0.15, 0.2) is 0 Å². The standard InChI is InChI=1S/C18H27N3O2/c1-14-4-5-15(10-19-14)17(22)21-12-16(11-20(2)3)18(13-21)6-8-23-9-7-18/h4-5,10,16H,6-9,11-13H2,1-3H3. The molecular weight excluding hydrogens is 290 g/mol. The molecule has 0 saturated carbocycles. The molecule has 2 aliphatic heterocycles. The molecular formula is C18H27N3O2. The van der Waals surface area contributed by atoms with Gasteiger partial charge in [0.1, 0.15) is 0 Å².